The fraction of sp³-hybridized carbons (Fsp3) is 0.500. The Balaban J connectivity index is 2.74. The summed E-state index contributed by atoms with van der Waals surface area (Å²) in [7, 11) is 0. The molecule has 0 fully saturated rings. The number of rotatable bonds is 3. The van der Waals surface area contributed by atoms with Crippen LogP contribution in [0.3, 0.4) is 0 Å². The number of alkyl halides is 1. The first-order chi connectivity index (χ1) is 5.65. The summed E-state index contributed by atoms with van der Waals surface area (Å²) < 4.78 is 14.2. The van der Waals surface area contributed by atoms with Crippen LogP contribution in [0.25, 0.3) is 0 Å². The maximum absolute atomic E-state index is 13.2. The van der Waals surface area contributed by atoms with Crippen LogP contribution in [0.2, 0.25) is 0 Å². The zero-order chi connectivity index (χ0) is 9.14. The van der Waals surface area contributed by atoms with Gasteiger partial charge >= 0.3 is 0 Å². The monoisotopic (exact) mass is 251 g/mol. The maximum Gasteiger partial charge on any atom is 0.135 e. The first-order valence-corrected chi connectivity index (χ1v) is 5.36. The van der Waals surface area contributed by atoms with E-state index >= 15 is 0 Å². The normalized spacial score (nSPS) is 13.3. The summed E-state index contributed by atoms with van der Waals surface area (Å²) in [4.78, 5) is 1.88. The third kappa shape index (κ3) is 2.28. The average molecular weight is 252 g/mol. The van der Waals surface area contributed by atoms with Crippen molar-refractivity contribution >= 4 is 27.3 Å². The molecule has 0 spiro atoms. The third-order valence-corrected chi connectivity index (χ3v) is 3.83. The molecule has 1 nitrogen and oxygen atoms in total. The van der Waals surface area contributed by atoms with Gasteiger partial charge in [-0.25, -0.2) is 4.39 Å². The summed E-state index contributed by atoms with van der Waals surface area (Å²) in [5, 5.41) is 0. The molecule has 1 aromatic heterocycles. The van der Waals surface area contributed by atoms with E-state index in [4.69, 9.17) is 5.73 Å². The number of aryl methyl sites for hydroxylation is 1. The van der Waals surface area contributed by atoms with Gasteiger partial charge in [-0.3, -0.25) is 0 Å². The fourth-order valence-electron chi connectivity index (χ4n) is 0.924. The predicted molar refractivity (Wildman–Crippen MR) is 54.3 cm³/mol. The highest BCUT2D eigenvalue weighted by Crippen LogP contribution is 2.33. The van der Waals surface area contributed by atoms with E-state index in [9.17, 15) is 4.39 Å². The van der Waals surface area contributed by atoms with E-state index in [1.54, 1.807) is 0 Å². The zero-order valence-electron chi connectivity index (χ0n) is 6.81. The third-order valence-electron chi connectivity index (χ3n) is 1.61. The van der Waals surface area contributed by atoms with Gasteiger partial charge in [0.1, 0.15) is 6.17 Å². The molecule has 1 atom stereocenters. The minimum atomic E-state index is -0.898. The molecule has 0 aromatic carbocycles. The van der Waals surface area contributed by atoms with E-state index in [1.165, 1.54) is 11.3 Å². The number of hydrogen-bond donors (Lipinski definition) is 1. The Morgan fingerprint density at radius 3 is 2.83 bits per heavy atom. The molecule has 1 heterocycles. The first kappa shape index (κ1) is 10.2. The van der Waals surface area contributed by atoms with Crippen molar-refractivity contribution in [3.05, 3.63) is 20.3 Å². The lowest BCUT2D eigenvalue weighted by molar-refractivity contribution is 0.333. The van der Waals surface area contributed by atoms with E-state index in [1.807, 2.05) is 13.0 Å². The molecule has 1 aromatic rings. The van der Waals surface area contributed by atoms with Crippen molar-refractivity contribution < 1.29 is 4.39 Å². The molecule has 68 valence electrons. The van der Waals surface area contributed by atoms with Crippen LogP contribution in [-0.2, 0) is 0 Å². The Morgan fingerprint density at radius 2 is 2.42 bits per heavy atom. The topological polar surface area (TPSA) is 26.0 Å². The van der Waals surface area contributed by atoms with Crippen LogP contribution in [0.4, 0.5) is 4.39 Å². The molecule has 0 amide bonds. The van der Waals surface area contributed by atoms with E-state index in [-0.39, 0.29) is 0 Å². The second kappa shape index (κ2) is 4.35. The number of halogens is 2. The highest BCUT2D eigenvalue weighted by molar-refractivity contribution is 9.10. The standard InChI is InChI=1S/C8H11BrFNS/c1-5-6(9)4-8(12-5)7(10)2-3-11/h4,7H,2-3,11H2,1H3. The second-order valence-corrected chi connectivity index (χ2v) is 4.74. The Bertz CT molecular complexity index is 242. The molecule has 0 saturated carbocycles. The van der Waals surface area contributed by atoms with Gasteiger partial charge in [0, 0.05) is 14.2 Å². The van der Waals surface area contributed by atoms with Crippen LogP contribution in [0.15, 0.2) is 10.5 Å². The SMILES string of the molecule is Cc1sc(C(F)CCN)cc1Br. The van der Waals surface area contributed by atoms with Gasteiger partial charge in [0.2, 0.25) is 0 Å². The van der Waals surface area contributed by atoms with Gasteiger partial charge in [-0.05, 0) is 41.9 Å². The quantitative estimate of drug-likeness (QED) is 0.878. The van der Waals surface area contributed by atoms with E-state index < -0.39 is 6.17 Å². The van der Waals surface area contributed by atoms with Crippen molar-refractivity contribution in [3.8, 4) is 0 Å². The lowest BCUT2D eigenvalue weighted by Gasteiger charge is -2.01. The second-order valence-electron chi connectivity index (χ2n) is 2.60. The number of thiophene rings is 1. The van der Waals surface area contributed by atoms with Crippen molar-refractivity contribution in [1.82, 2.24) is 0 Å². The molecule has 0 radical (unpaired) electrons. The zero-order valence-corrected chi connectivity index (χ0v) is 9.21. The summed E-state index contributed by atoms with van der Waals surface area (Å²) in [6.45, 7) is 2.36. The predicted octanol–water partition coefficient (Wildman–Crippen LogP) is 3.18. The van der Waals surface area contributed by atoms with Crippen molar-refractivity contribution in [1.29, 1.82) is 0 Å². The van der Waals surface area contributed by atoms with Gasteiger partial charge in [0.25, 0.3) is 0 Å². The molecular formula is C8H11BrFNS. The average Bonchev–Trinajstić information content (AvgIpc) is 2.33. The molecule has 0 bridgehead atoms. The van der Waals surface area contributed by atoms with E-state index in [0.29, 0.717) is 13.0 Å². The number of nitrogens with two attached hydrogens (primary N) is 1. The van der Waals surface area contributed by atoms with Crippen molar-refractivity contribution in [2.75, 3.05) is 6.54 Å². The molecular weight excluding hydrogens is 241 g/mol. The summed E-state index contributed by atoms with van der Waals surface area (Å²) in [5.41, 5.74) is 5.26. The Hall–Kier alpha value is 0.0700. The molecule has 12 heavy (non-hydrogen) atoms. The van der Waals surface area contributed by atoms with Gasteiger partial charge in [0.05, 0.1) is 0 Å². The maximum atomic E-state index is 13.2. The molecule has 2 N–H and O–H groups in total. The largest absolute Gasteiger partial charge is 0.330 e. The highest BCUT2D eigenvalue weighted by atomic mass is 79.9. The minimum absolute atomic E-state index is 0.399. The smallest absolute Gasteiger partial charge is 0.135 e. The van der Waals surface area contributed by atoms with E-state index in [0.717, 1.165) is 14.2 Å². The van der Waals surface area contributed by atoms with Crippen LogP contribution in [-0.4, -0.2) is 6.54 Å². The van der Waals surface area contributed by atoms with Gasteiger partial charge in [-0.1, -0.05) is 0 Å². The van der Waals surface area contributed by atoms with Crippen molar-refractivity contribution in [3.63, 3.8) is 0 Å². The molecule has 1 unspecified atom stereocenters. The van der Waals surface area contributed by atoms with Crippen LogP contribution in [0.5, 0.6) is 0 Å². The summed E-state index contributed by atoms with van der Waals surface area (Å²) in [6.07, 6.45) is -0.489. The number of hydrogen-bond acceptors (Lipinski definition) is 2. The minimum Gasteiger partial charge on any atom is -0.330 e. The van der Waals surface area contributed by atoms with Crippen LogP contribution in [0.1, 0.15) is 22.3 Å². The molecule has 0 saturated heterocycles. The van der Waals surface area contributed by atoms with Crippen molar-refractivity contribution in [2.24, 2.45) is 5.73 Å². The van der Waals surface area contributed by atoms with Gasteiger partial charge < -0.3 is 5.73 Å². The van der Waals surface area contributed by atoms with Gasteiger partial charge in [-0.2, -0.15) is 0 Å². The van der Waals surface area contributed by atoms with Crippen LogP contribution >= 0.6 is 27.3 Å². The summed E-state index contributed by atoms with van der Waals surface area (Å²) >= 11 is 4.83. The molecule has 4 heteroatoms. The van der Waals surface area contributed by atoms with E-state index in [2.05, 4.69) is 15.9 Å². The molecule has 0 aliphatic rings. The Morgan fingerprint density at radius 1 is 1.75 bits per heavy atom. The Labute approximate surface area is 83.9 Å². The lowest BCUT2D eigenvalue weighted by atomic mass is 10.2. The Kier molecular flexibility index (Phi) is 3.68. The fourth-order valence-corrected chi connectivity index (χ4v) is 2.50. The molecule has 0 aliphatic carbocycles. The van der Waals surface area contributed by atoms with Gasteiger partial charge in [0.15, 0.2) is 0 Å². The first-order valence-electron chi connectivity index (χ1n) is 3.75. The van der Waals surface area contributed by atoms with Crippen molar-refractivity contribution in [2.45, 2.75) is 19.5 Å². The molecule has 1 rings (SSSR count). The molecule has 0 aliphatic heterocycles. The summed E-state index contributed by atoms with van der Waals surface area (Å²) in [6, 6.07) is 1.83. The highest BCUT2D eigenvalue weighted by Gasteiger charge is 2.12. The summed E-state index contributed by atoms with van der Waals surface area (Å²) in [5.74, 6) is 0. The van der Waals surface area contributed by atoms with Crippen LogP contribution in [0, 0.1) is 6.92 Å². The lowest BCUT2D eigenvalue weighted by Crippen LogP contribution is -2.02. The van der Waals surface area contributed by atoms with Crippen LogP contribution < -0.4 is 5.73 Å². The van der Waals surface area contributed by atoms with Gasteiger partial charge in [-0.15, -0.1) is 11.3 Å².